The molecule has 1 aliphatic heterocycles. The maximum atomic E-state index is 9.99. The lowest BCUT2D eigenvalue weighted by molar-refractivity contribution is 0.138. The second-order valence-electron chi connectivity index (χ2n) is 4.33. The molecule has 0 saturated carbocycles. The van der Waals surface area contributed by atoms with Crippen LogP contribution in [-0.2, 0) is 6.54 Å². The van der Waals surface area contributed by atoms with Crippen molar-refractivity contribution >= 4 is 15.9 Å². The first-order chi connectivity index (χ1) is 8.16. The highest BCUT2D eigenvalue weighted by molar-refractivity contribution is 9.10. The number of fused-ring (bicyclic) bond motifs is 1. The molecule has 1 aliphatic rings. The average Bonchev–Trinajstić information content (AvgIpc) is 2.84. The first-order valence-electron chi connectivity index (χ1n) is 5.67. The fourth-order valence-electron chi connectivity index (χ4n) is 2.30. The van der Waals surface area contributed by atoms with Crippen LogP contribution >= 0.6 is 15.9 Å². The topological polar surface area (TPSA) is 51.2 Å². The zero-order valence-corrected chi connectivity index (χ0v) is 11.1. The third kappa shape index (κ3) is 1.73. The number of hydrogen-bond donors (Lipinski definition) is 1. The molecule has 3 rings (SSSR count). The summed E-state index contributed by atoms with van der Waals surface area (Å²) in [4.78, 5) is 4.45. The molecule has 2 aromatic rings. The molecule has 4 nitrogen and oxygen atoms in total. The van der Waals surface area contributed by atoms with Gasteiger partial charge in [-0.1, -0.05) is 0 Å². The number of hydrogen-bond acceptors (Lipinski definition) is 3. The van der Waals surface area contributed by atoms with E-state index < -0.39 is 6.10 Å². The largest absolute Gasteiger partial charge is 0.458 e. The highest BCUT2D eigenvalue weighted by Crippen LogP contribution is 2.35. The number of imidazole rings is 1. The van der Waals surface area contributed by atoms with Crippen LogP contribution < -0.4 is 0 Å². The Morgan fingerprint density at radius 3 is 3.06 bits per heavy atom. The van der Waals surface area contributed by atoms with Crippen molar-refractivity contribution in [2.24, 2.45) is 0 Å². The number of aromatic nitrogens is 2. The van der Waals surface area contributed by atoms with Gasteiger partial charge in [-0.15, -0.1) is 0 Å². The zero-order chi connectivity index (χ0) is 12.0. The van der Waals surface area contributed by atoms with Gasteiger partial charge in [0.2, 0.25) is 0 Å². The summed E-state index contributed by atoms with van der Waals surface area (Å²) in [6.45, 7) is 2.79. The van der Waals surface area contributed by atoms with Crippen molar-refractivity contribution in [3.05, 3.63) is 28.2 Å². The van der Waals surface area contributed by atoms with Gasteiger partial charge in [-0.25, -0.2) is 4.98 Å². The molecule has 17 heavy (non-hydrogen) atoms. The van der Waals surface area contributed by atoms with Gasteiger partial charge in [-0.3, -0.25) is 0 Å². The van der Waals surface area contributed by atoms with E-state index >= 15 is 0 Å². The lowest BCUT2D eigenvalue weighted by atomic mass is 10.1. The fraction of sp³-hybridized carbons (Fsp3) is 0.417. The summed E-state index contributed by atoms with van der Waals surface area (Å²) in [7, 11) is 0. The lowest BCUT2D eigenvalue weighted by Gasteiger charge is -2.21. The van der Waals surface area contributed by atoms with Crippen LogP contribution in [0.25, 0.3) is 11.6 Å². The summed E-state index contributed by atoms with van der Waals surface area (Å²) in [6, 6.07) is 3.84. The number of aliphatic hydroxyl groups excluding tert-OH is 1. The zero-order valence-electron chi connectivity index (χ0n) is 9.48. The SMILES string of the molecule is Cc1ccc(-c2nc(Br)c3n2CCCC3O)o1. The first-order valence-corrected chi connectivity index (χ1v) is 6.47. The van der Waals surface area contributed by atoms with Gasteiger partial charge in [0.05, 0.1) is 11.8 Å². The van der Waals surface area contributed by atoms with Gasteiger partial charge in [-0.05, 0) is 47.8 Å². The summed E-state index contributed by atoms with van der Waals surface area (Å²) in [5.41, 5.74) is 0.861. The van der Waals surface area contributed by atoms with Crippen LogP contribution in [0.1, 0.15) is 30.4 Å². The minimum absolute atomic E-state index is 0.435. The minimum atomic E-state index is -0.435. The number of nitrogens with zero attached hydrogens (tertiary/aromatic N) is 2. The first kappa shape index (κ1) is 11.0. The van der Waals surface area contributed by atoms with Gasteiger partial charge in [-0.2, -0.15) is 0 Å². The van der Waals surface area contributed by atoms with Gasteiger partial charge < -0.3 is 14.1 Å². The Balaban J connectivity index is 2.16. The lowest BCUT2D eigenvalue weighted by Crippen LogP contribution is -2.15. The summed E-state index contributed by atoms with van der Waals surface area (Å²) in [5.74, 6) is 2.41. The van der Waals surface area contributed by atoms with Crippen molar-refractivity contribution in [3.8, 4) is 11.6 Å². The smallest absolute Gasteiger partial charge is 0.177 e. The molecule has 0 fully saturated rings. The Morgan fingerprint density at radius 1 is 1.53 bits per heavy atom. The molecule has 0 aromatic carbocycles. The molecule has 90 valence electrons. The quantitative estimate of drug-likeness (QED) is 0.880. The molecule has 3 heterocycles. The van der Waals surface area contributed by atoms with Gasteiger partial charge in [0, 0.05) is 6.54 Å². The number of aliphatic hydroxyl groups is 1. The van der Waals surface area contributed by atoms with Crippen molar-refractivity contribution in [2.75, 3.05) is 0 Å². The molecule has 0 radical (unpaired) electrons. The predicted molar refractivity (Wildman–Crippen MR) is 66.6 cm³/mol. The van der Waals surface area contributed by atoms with Crippen molar-refractivity contribution < 1.29 is 9.52 Å². The standard InChI is InChI=1S/C12H13BrN2O2/c1-7-4-5-9(17-7)12-14-11(13)10-8(16)3-2-6-15(10)12/h4-5,8,16H,2-3,6H2,1H3. The van der Waals surface area contributed by atoms with Gasteiger partial charge in [0.15, 0.2) is 11.6 Å². The minimum Gasteiger partial charge on any atom is -0.458 e. The van der Waals surface area contributed by atoms with E-state index in [1.165, 1.54) is 0 Å². The number of rotatable bonds is 1. The highest BCUT2D eigenvalue weighted by Gasteiger charge is 2.26. The van der Waals surface area contributed by atoms with Crippen LogP contribution in [0.3, 0.4) is 0 Å². The summed E-state index contributed by atoms with van der Waals surface area (Å²) < 4.78 is 8.35. The maximum absolute atomic E-state index is 9.99. The Labute approximate surface area is 107 Å². The van der Waals surface area contributed by atoms with Crippen molar-refractivity contribution in [2.45, 2.75) is 32.4 Å². The van der Waals surface area contributed by atoms with Crippen LogP contribution in [0.5, 0.6) is 0 Å². The van der Waals surface area contributed by atoms with E-state index in [1.807, 2.05) is 23.6 Å². The summed E-state index contributed by atoms with van der Waals surface area (Å²) >= 11 is 3.41. The molecule has 0 amide bonds. The van der Waals surface area contributed by atoms with E-state index in [-0.39, 0.29) is 0 Å². The average molecular weight is 297 g/mol. The van der Waals surface area contributed by atoms with Crippen LogP contribution in [-0.4, -0.2) is 14.7 Å². The van der Waals surface area contributed by atoms with E-state index in [9.17, 15) is 5.11 Å². The molecule has 0 saturated heterocycles. The third-order valence-corrected chi connectivity index (χ3v) is 3.68. The summed E-state index contributed by atoms with van der Waals surface area (Å²) in [6.07, 6.45) is 1.32. The van der Waals surface area contributed by atoms with Crippen LogP contribution in [0.2, 0.25) is 0 Å². The molecular formula is C12H13BrN2O2. The molecular weight excluding hydrogens is 284 g/mol. The van der Waals surface area contributed by atoms with Gasteiger partial charge in [0.25, 0.3) is 0 Å². The van der Waals surface area contributed by atoms with E-state index in [2.05, 4.69) is 20.9 Å². The Morgan fingerprint density at radius 2 is 2.35 bits per heavy atom. The van der Waals surface area contributed by atoms with E-state index in [4.69, 9.17) is 4.42 Å². The Bertz CT molecular complexity index is 559. The Hall–Kier alpha value is -1.07. The van der Waals surface area contributed by atoms with Crippen LogP contribution in [0, 0.1) is 6.92 Å². The van der Waals surface area contributed by atoms with Gasteiger partial charge >= 0.3 is 0 Å². The molecule has 5 heteroatoms. The number of aryl methyl sites for hydroxylation is 1. The maximum Gasteiger partial charge on any atom is 0.177 e. The molecule has 1 atom stereocenters. The van der Waals surface area contributed by atoms with E-state index in [0.717, 1.165) is 42.4 Å². The molecule has 0 spiro atoms. The Kier molecular flexibility index (Phi) is 2.60. The highest BCUT2D eigenvalue weighted by atomic mass is 79.9. The van der Waals surface area contributed by atoms with E-state index in [0.29, 0.717) is 4.60 Å². The number of halogens is 1. The fourth-order valence-corrected chi connectivity index (χ4v) is 2.95. The normalized spacial score (nSPS) is 19.4. The monoisotopic (exact) mass is 296 g/mol. The molecule has 0 bridgehead atoms. The second-order valence-corrected chi connectivity index (χ2v) is 5.08. The molecule has 2 aromatic heterocycles. The second kappa shape index (κ2) is 3.99. The van der Waals surface area contributed by atoms with Crippen molar-refractivity contribution in [3.63, 3.8) is 0 Å². The molecule has 0 aliphatic carbocycles. The molecule has 1 N–H and O–H groups in total. The van der Waals surface area contributed by atoms with Crippen LogP contribution in [0.4, 0.5) is 0 Å². The third-order valence-electron chi connectivity index (χ3n) is 3.10. The van der Waals surface area contributed by atoms with E-state index in [1.54, 1.807) is 0 Å². The van der Waals surface area contributed by atoms with Crippen molar-refractivity contribution in [1.29, 1.82) is 0 Å². The van der Waals surface area contributed by atoms with Crippen molar-refractivity contribution in [1.82, 2.24) is 9.55 Å². The number of furan rings is 1. The predicted octanol–water partition coefficient (Wildman–Crippen LogP) is 3.04. The van der Waals surface area contributed by atoms with Crippen LogP contribution in [0.15, 0.2) is 21.2 Å². The molecule has 1 unspecified atom stereocenters. The van der Waals surface area contributed by atoms with Gasteiger partial charge in [0.1, 0.15) is 10.4 Å². The summed E-state index contributed by atoms with van der Waals surface area (Å²) in [5, 5.41) is 9.99.